The number of benzene rings is 1. The van der Waals surface area contributed by atoms with Crippen LogP contribution in [0.25, 0.3) is 0 Å². The summed E-state index contributed by atoms with van der Waals surface area (Å²) in [5.41, 5.74) is 1.15. The number of carbonyl (C=O) groups is 2. The Morgan fingerprint density at radius 1 is 1.09 bits per heavy atom. The van der Waals surface area contributed by atoms with E-state index in [4.69, 9.17) is 11.6 Å². The Bertz CT molecular complexity index is 658. The van der Waals surface area contributed by atoms with Gasteiger partial charge < -0.3 is 0 Å². The van der Waals surface area contributed by atoms with Gasteiger partial charge in [0.1, 0.15) is 0 Å². The molecule has 1 saturated carbocycles. The Balaban J connectivity index is 1.59. The number of likely N-dealkylation sites (tertiary alicyclic amines) is 1. The molecule has 0 aromatic heterocycles. The maximum absolute atomic E-state index is 12.4. The third-order valence-electron chi connectivity index (χ3n) is 5.61. The number of nitrogens with zero attached hydrogens (tertiary/aromatic N) is 2. The second kappa shape index (κ2) is 5.91. The summed E-state index contributed by atoms with van der Waals surface area (Å²) in [7, 11) is 0. The van der Waals surface area contributed by atoms with Crippen LogP contribution >= 0.6 is 11.6 Å². The zero-order valence-electron chi connectivity index (χ0n) is 13.1. The SMILES string of the molecule is O=C1C(=O)N(CN2CCC[C@@H]3CCCC[C@@H]32)c2ccc(Cl)cc21. The number of hydrogen-bond acceptors (Lipinski definition) is 3. The van der Waals surface area contributed by atoms with Crippen LogP contribution < -0.4 is 4.90 Å². The van der Waals surface area contributed by atoms with Gasteiger partial charge in [-0.15, -0.1) is 0 Å². The van der Waals surface area contributed by atoms with Gasteiger partial charge in [0.2, 0.25) is 0 Å². The highest BCUT2D eigenvalue weighted by Crippen LogP contribution is 2.37. The molecule has 122 valence electrons. The summed E-state index contributed by atoms with van der Waals surface area (Å²) in [4.78, 5) is 28.7. The largest absolute Gasteiger partial charge is 0.300 e. The van der Waals surface area contributed by atoms with E-state index < -0.39 is 11.7 Å². The molecule has 2 aliphatic heterocycles. The second-order valence-corrected chi connectivity index (χ2v) is 7.37. The van der Waals surface area contributed by atoms with Crippen molar-refractivity contribution in [2.45, 2.75) is 44.6 Å². The third kappa shape index (κ3) is 2.58. The highest BCUT2D eigenvalue weighted by Gasteiger charge is 2.40. The number of anilines is 1. The Morgan fingerprint density at radius 2 is 1.87 bits per heavy atom. The Hall–Kier alpha value is -1.39. The van der Waals surface area contributed by atoms with Crippen LogP contribution in [0.4, 0.5) is 5.69 Å². The fourth-order valence-corrected chi connectivity index (χ4v) is 4.67. The average Bonchev–Trinajstić information content (AvgIpc) is 2.80. The maximum Gasteiger partial charge on any atom is 0.300 e. The van der Waals surface area contributed by atoms with Gasteiger partial charge in [0.25, 0.3) is 5.78 Å². The lowest BCUT2D eigenvalue weighted by atomic mass is 9.78. The molecule has 4 nitrogen and oxygen atoms in total. The molecule has 0 unspecified atom stereocenters. The van der Waals surface area contributed by atoms with E-state index in [-0.39, 0.29) is 0 Å². The number of Topliss-reactive ketones (excluding diaryl/α,β-unsaturated/α-hetero) is 1. The van der Waals surface area contributed by atoms with E-state index >= 15 is 0 Å². The number of amides is 1. The van der Waals surface area contributed by atoms with Crippen LogP contribution in [0.2, 0.25) is 5.02 Å². The van der Waals surface area contributed by atoms with Gasteiger partial charge >= 0.3 is 5.91 Å². The molecule has 2 atom stereocenters. The third-order valence-corrected chi connectivity index (χ3v) is 5.85. The summed E-state index contributed by atoms with van der Waals surface area (Å²) in [6.45, 7) is 1.54. The van der Waals surface area contributed by atoms with E-state index in [1.807, 2.05) is 0 Å². The first-order valence-corrected chi connectivity index (χ1v) is 8.93. The predicted octanol–water partition coefficient (Wildman–Crippen LogP) is 3.48. The van der Waals surface area contributed by atoms with Crippen molar-refractivity contribution < 1.29 is 9.59 Å². The number of hydrogen-bond donors (Lipinski definition) is 0. The summed E-state index contributed by atoms with van der Waals surface area (Å²) in [5, 5.41) is 0.497. The standard InChI is InChI=1S/C18H21ClN2O2/c19-13-7-8-16-14(10-13)17(22)18(23)21(16)11-20-9-3-5-12-4-1-2-6-15(12)20/h7-8,10,12,15H,1-6,9,11H2/t12-,15-/m0/s1. The molecule has 2 fully saturated rings. The first-order chi connectivity index (χ1) is 11.1. The lowest BCUT2D eigenvalue weighted by Crippen LogP contribution is -2.52. The molecule has 0 radical (unpaired) electrons. The normalized spacial score (nSPS) is 28.0. The minimum Gasteiger partial charge on any atom is -0.291 e. The number of rotatable bonds is 2. The van der Waals surface area contributed by atoms with Gasteiger partial charge in [0, 0.05) is 17.6 Å². The van der Waals surface area contributed by atoms with Gasteiger partial charge in [-0.05, 0) is 49.8 Å². The number of carbonyl (C=O) groups excluding carboxylic acids is 2. The summed E-state index contributed by atoms with van der Waals surface area (Å²) >= 11 is 5.97. The highest BCUT2D eigenvalue weighted by atomic mass is 35.5. The molecule has 1 aliphatic carbocycles. The van der Waals surface area contributed by atoms with Crippen LogP contribution in [-0.2, 0) is 4.79 Å². The lowest BCUT2D eigenvalue weighted by molar-refractivity contribution is -0.115. The minimum atomic E-state index is -0.431. The Kier molecular flexibility index (Phi) is 3.90. The van der Waals surface area contributed by atoms with Gasteiger partial charge in [-0.1, -0.05) is 24.4 Å². The first kappa shape index (κ1) is 15.2. The van der Waals surface area contributed by atoms with Crippen LogP contribution in [0.5, 0.6) is 0 Å². The molecule has 2 heterocycles. The number of ketones is 1. The highest BCUT2D eigenvalue weighted by molar-refractivity contribution is 6.52. The molecule has 0 N–H and O–H groups in total. The molecular weight excluding hydrogens is 312 g/mol. The summed E-state index contributed by atoms with van der Waals surface area (Å²) in [6.07, 6.45) is 7.62. The van der Waals surface area contributed by atoms with Crippen molar-refractivity contribution in [2.24, 2.45) is 5.92 Å². The number of fused-ring (bicyclic) bond motifs is 2. The molecule has 23 heavy (non-hydrogen) atoms. The van der Waals surface area contributed by atoms with Gasteiger partial charge in [-0.2, -0.15) is 0 Å². The molecule has 3 aliphatic rings. The van der Waals surface area contributed by atoms with Crippen molar-refractivity contribution in [3.05, 3.63) is 28.8 Å². The van der Waals surface area contributed by atoms with Crippen LogP contribution in [-0.4, -0.2) is 35.8 Å². The fourth-order valence-electron chi connectivity index (χ4n) is 4.50. The fraction of sp³-hybridized carbons (Fsp3) is 0.556. The first-order valence-electron chi connectivity index (χ1n) is 8.55. The summed E-state index contributed by atoms with van der Waals surface area (Å²) in [5.74, 6) is -0.0875. The molecule has 4 rings (SSSR count). The van der Waals surface area contributed by atoms with E-state index in [1.165, 1.54) is 38.5 Å². The van der Waals surface area contributed by atoms with Crippen LogP contribution in [0.15, 0.2) is 18.2 Å². The van der Waals surface area contributed by atoms with Gasteiger partial charge in [0.15, 0.2) is 0 Å². The second-order valence-electron chi connectivity index (χ2n) is 6.93. The monoisotopic (exact) mass is 332 g/mol. The smallest absolute Gasteiger partial charge is 0.291 e. The molecule has 1 amide bonds. The quantitative estimate of drug-likeness (QED) is 0.778. The van der Waals surface area contributed by atoms with Crippen molar-refractivity contribution in [3.8, 4) is 0 Å². The van der Waals surface area contributed by atoms with E-state index in [2.05, 4.69) is 4.90 Å². The van der Waals surface area contributed by atoms with Crippen molar-refractivity contribution in [3.63, 3.8) is 0 Å². The van der Waals surface area contributed by atoms with Crippen LogP contribution in [0, 0.1) is 5.92 Å². The lowest BCUT2D eigenvalue weighted by Gasteiger charge is -2.45. The van der Waals surface area contributed by atoms with E-state index in [0.717, 1.165) is 12.5 Å². The van der Waals surface area contributed by atoms with Gasteiger partial charge in [-0.3, -0.25) is 19.4 Å². The Labute approximate surface area is 141 Å². The zero-order valence-corrected chi connectivity index (χ0v) is 13.9. The van der Waals surface area contributed by atoms with E-state index in [0.29, 0.717) is 29.0 Å². The average molecular weight is 333 g/mol. The van der Waals surface area contributed by atoms with Crippen molar-refractivity contribution >= 4 is 29.0 Å². The zero-order chi connectivity index (χ0) is 16.0. The number of halogens is 1. The van der Waals surface area contributed by atoms with E-state index in [1.54, 1.807) is 23.1 Å². The molecule has 0 spiro atoms. The van der Waals surface area contributed by atoms with Crippen LogP contribution in [0.1, 0.15) is 48.9 Å². The predicted molar refractivity (Wildman–Crippen MR) is 89.8 cm³/mol. The van der Waals surface area contributed by atoms with Gasteiger partial charge in [-0.25, -0.2) is 0 Å². The number of piperidine rings is 1. The molecular formula is C18H21ClN2O2. The molecule has 1 aromatic carbocycles. The molecule has 0 bridgehead atoms. The minimum absolute atomic E-state index is 0.416. The summed E-state index contributed by atoms with van der Waals surface area (Å²) < 4.78 is 0. The Morgan fingerprint density at radius 3 is 2.74 bits per heavy atom. The van der Waals surface area contributed by atoms with Crippen molar-refractivity contribution in [1.82, 2.24) is 4.90 Å². The van der Waals surface area contributed by atoms with Crippen molar-refractivity contribution in [2.75, 3.05) is 18.1 Å². The van der Waals surface area contributed by atoms with Crippen molar-refractivity contribution in [1.29, 1.82) is 0 Å². The van der Waals surface area contributed by atoms with E-state index in [9.17, 15) is 9.59 Å². The summed E-state index contributed by atoms with van der Waals surface area (Å²) in [6, 6.07) is 5.72. The van der Waals surface area contributed by atoms with Gasteiger partial charge in [0.05, 0.1) is 17.9 Å². The maximum atomic E-state index is 12.4. The molecule has 1 saturated heterocycles. The van der Waals surface area contributed by atoms with Crippen LogP contribution in [0.3, 0.4) is 0 Å². The molecule has 5 heteroatoms. The topological polar surface area (TPSA) is 40.6 Å². The molecule has 1 aromatic rings.